The minimum atomic E-state index is -0.366. The third-order valence-electron chi connectivity index (χ3n) is 4.73. The van der Waals surface area contributed by atoms with Crippen molar-refractivity contribution in [2.75, 3.05) is 11.9 Å². The molecule has 2 aromatic rings. The first kappa shape index (κ1) is 15.5. The Balaban J connectivity index is 1.49. The summed E-state index contributed by atoms with van der Waals surface area (Å²) in [6.45, 7) is 3.50. The highest BCUT2D eigenvalue weighted by Gasteiger charge is 2.32. The van der Waals surface area contributed by atoms with Gasteiger partial charge in [0.05, 0.1) is 17.9 Å². The fraction of sp³-hybridized carbons (Fsp3) is 0.588. The summed E-state index contributed by atoms with van der Waals surface area (Å²) < 4.78 is 22.2. The van der Waals surface area contributed by atoms with Crippen LogP contribution in [0.25, 0.3) is 0 Å². The van der Waals surface area contributed by atoms with Gasteiger partial charge >= 0.3 is 0 Å². The van der Waals surface area contributed by atoms with Crippen LogP contribution in [0.2, 0.25) is 0 Å². The number of hydrogen-bond donors (Lipinski definition) is 1. The molecule has 0 unspecified atom stereocenters. The highest BCUT2D eigenvalue weighted by atomic mass is 19.1. The lowest BCUT2D eigenvalue weighted by molar-refractivity contribution is 0.107. The monoisotopic (exact) mass is 331 g/mol. The Kier molecular flexibility index (Phi) is 4.18. The number of ether oxygens (including phenoxy) is 1. The van der Waals surface area contributed by atoms with E-state index in [1.807, 2.05) is 17.8 Å². The lowest BCUT2D eigenvalue weighted by Crippen LogP contribution is -2.24. The number of halogens is 1. The Labute approximate surface area is 140 Å². The Morgan fingerprint density at radius 1 is 1.33 bits per heavy atom. The van der Waals surface area contributed by atoms with Gasteiger partial charge in [-0.3, -0.25) is 4.68 Å². The summed E-state index contributed by atoms with van der Waals surface area (Å²) in [4.78, 5) is 8.03. The van der Waals surface area contributed by atoms with E-state index in [1.165, 1.54) is 19.2 Å². The van der Waals surface area contributed by atoms with E-state index in [9.17, 15) is 4.39 Å². The molecule has 3 heterocycles. The first-order chi connectivity index (χ1) is 11.7. The minimum absolute atomic E-state index is 0.0160. The van der Waals surface area contributed by atoms with Crippen molar-refractivity contribution in [1.82, 2.24) is 19.7 Å². The van der Waals surface area contributed by atoms with Gasteiger partial charge in [0.2, 0.25) is 0 Å². The van der Waals surface area contributed by atoms with Gasteiger partial charge in [0.25, 0.3) is 0 Å². The third kappa shape index (κ3) is 3.13. The number of aryl methyl sites for hydroxylation is 1. The normalized spacial score (nSPS) is 23.6. The van der Waals surface area contributed by atoms with Crippen LogP contribution >= 0.6 is 0 Å². The first-order valence-electron chi connectivity index (χ1n) is 8.64. The molecular formula is C17H22FN5O. The van der Waals surface area contributed by atoms with E-state index in [0.717, 1.165) is 24.4 Å². The average molecular weight is 331 g/mol. The maximum Gasteiger partial charge on any atom is 0.186 e. The van der Waals surface area contributed by atoms with Crippen LogP contribution in [0.15, 0.2) is 18.7 Å². The zero-order chi connectivity index (χ0) is 16.5. The minimum Gasteiger partial charge on any atom is -0.371 e. The summed E-state index contributed by atoms with van der Waals surface area (Å²) in [7, 11) is 0. The van der Waals surface area contributed by atoms with Crippen molar-refractivity contribution in [3.05, 3.63) is 35.8 Å². The van der Waals surface area contributed by atoms with Crippen molar-refractivity contribution in [1.29, 1.82) is 0 Å². The lowest BCUT2D eigenvalue weighted by Gasteiger charge is -2.20. The Morgan fingerprint density at radius 3 is 3.00 bits per heavy atom. The summed E-state index contributed by atoms with van der Waals surface area (Å²) in [5, 5.41) is 7.64. The molecule has 2 atom stereocenters. The summed E-state index contributed by atoms with van der Waals surface area (Å²) >= 11 is 0. The van der Waals surface area contributed by atoms with E-state index >= 15 is 0 Å². The SMILES string of the molecule is CCc1ncnc(N[C@H]2CCO[C@@H]2c2cnn(CC3CC3)c2)c1F. The Hall–Kier alpha value is -2.02. The summed E-state index contributed by atoms with van der Waals surface area (Å²) in [6, 6.07) is -0.0160. The van der Waals surface area contributed by atoms with Crippen molar-refractivity contribution in [3.63, 3.8) is 0 Å². The maximum atomic E-state index is 14.4. The molecule has 0 aromatic carbocycles. The zero-order valence-electron chi connectivity index (χ0n) is 13.8. The van der Waals surface area contributed by atoms with Crippen LogP contribution in [-0.2, 0) is 17.7 Å². The fourth-order valence-corrected chi connectivity index (χ4v) is 3.19. The number of hydrogen-bond acceptors (Lipinski definition) is 5. The van der Waals surface area contributed by atoms with Gasteiger partial charge in [-0.15, -0.1) is 0 Å². The maximum absolute atomic E-state index is 14.4. The predicted octanol–water partition coefficient (Wildman–Crippen LogP) is 2.73. The second-order valence-corrected chi connectivity index (χ2v) is 6.61. The molecule has 0 spiro atoms. The molecule has 128 valence electrons. The molecule has 0 amide bonds. The van der Waals surface area contributed by atoms with Crippen LogP contribution in [0.4, 0.5) is 10.2 Å². The fourth-order valence-electron chi connectivity index (χ4n) is 3.19. The van der Waals surface area contributed by atoms with E-state index in [-0.39, 0.29) is 23.8 Å². The van der Waals surface area contributed by atoms with E-state index < -0.39 is 0 Å². The Morgan fingerprint density at radius 2 is 2.21 bits per heavy atom. The molecule has 0 bridgehead atoms. The van der Waals surface area contributed by atoms with Gasteiger partial charge in [0.1, 0.15) is 12.4 Å². The molecular weight excluding hydrogens is 309 g/mol. The van der Waals surface area contributed by atoms with Crippen LogP contribution in [0.1, 0.15) is 43.5 Å². The van der Waals surface area contributed by atoms with Crippen molar-refractivity contribution in [2.24, 2.45) is 5.92 Å². The summed E-state index contributed by atoms with van der Waals surface area (Å²) in [5.41, 5.74) is 1.47. The third-order valence-corrected chi connectivity index (χ3v) is 4.73. The summed E-state index contributed by atoms with van der Waals surface area (Å²) in [6.07, 6.45) is 9.14. The molecule has 1 saturated heterocycles. The molecule has 0 radical (unpaired) electrons. The van der Waals surface area contributed by atoms with Gasteiger partial charge in [-0.25, -0.2) is 14.4 Å². The van der Waals surface area contributed by atoms with E-state index in [4.69, 9.17) is 4.74 Å². The second-order valence-electron chi connectivity index (χ2n) is 6.61. The van der Waals surface area contributed by atoms with Crippen molar-refractivity contribution >= 4 is 5.82 Å². The van der Waals surface area contributed by atoms with Crippen LogP contribution in [0.3, 0.4) is 0 Å². The van der Waals surface area contributed by atoms with Crippen LogP contribution in [-0.4, -0.2) is 32.4 Å². The molecule has 2 aromatic heterocycles. The number of anilines is 1. The standard InChI is InChI=1S/C17H22FN5O/c1-2-13-15(18)17(20-10-19-13)22-14-5-6-24-16(14)12-7-21-23(9-12)8-11-3-4-11/h7,9-11,14,16H,2-6,8H2,1H3,(H,19,20,22)/t14-,16+/m0/s1. The van der Waals surface area contributed by atoms with Gasteiger partial charge in [-0.2, -0.15) is 5.10 Å². The molecule has 1 aliphatic heterocycles. The van der Waals surface area contributed by atoms with Gasteiger partial charge in [0.15, 0.2) is 11.6 Å². The molecule has 1 N–H and O–H groups in total. The topological polar surface area (TPSA) is 64.9 Å². The highest BCUT2D eigenvalue weighted by Crippen LogP contribution is 2.33. The molecule has 4 rings (SSSR count). The highest BCUT2D eigenvalue weighted by molar-refractivity contribution is 5.39. The number of aromatic nitrogens is 4. The van der Waals surface area contributed by atoms with Gasteiger partial charge in [-0.05, 0) is 31.6 Å². The van der Waals surface area contributed by atoms with E-state index in [0.29, 0.717) is 18.7 Å². The van der Waals surface area contributed by atoms with Crippen molar-refractivity contribution in [2.45, 2.75) is 51.3 Å². The smallest absolute Gasteiger partial charge is 0.186 e. The van der Waals surface area contributed by atoms with Crippen LogP contribution in [0, 0.1) is 11.7 Å². The molecule has 6 nitrogen and oxygen atoms in total. The largest absolute Gasteiger partial charge is 0.371 e. The quantitative estimate of drug-likeness (QED) is 0.882. The van der Waals surface area contributed by atoms with Crippen LogP contribution in [0.5, 0.6) is 0 Å². The van der Waals surface area contributed by atoms with E-state index in [1.54, 1.807) is 0 Å². The molecule has 24 heavy (non-hydrogen) atoms. The van der Waals surface area contributed by atoms with Crippen molar-refractivity contribution in [3.8, 4) is 0 Å². The molecule has 1 aliphatic carbocycles. The summed E-state index contributed by atoms with van der Waals surface area (Å²) in [5.74, 6) is 0.668. The number of nitrogens with zero attached hydrogens (tertiary/aromatic N) is 4. The molecule has 1 saturated carbocycles. The second kappa shape index (κ2) is 6.47. The Bertz CT molecular complexity index is 715. The van der Waals surface area contributed by atoms with Gasteiger partial charge < -0.3 is 10.1 Å². The average Bonchev–Trinajstić information content (AvgIpc) is 3.08. The van der Waals surface area contributed by atoms with Crippen molar-refractivity contribution < 1.29 is 9.13 Å². The molecule has 2 aliphatic rings. The van der Waals surface area contributed by atoms with E-state index in [2.05, 4.69) is 26.6 Å². The zero-order valence-corrected chi connectivity index (χ0v) is 13.8. The molecule has 7 heteroatoms. The number of nitrogens with one attached hydrogen (secondary N) is 1. The molecule has 2 fully saturated rings. The van der Waals surface area contributed by atoms with Crippen LogP contribution < -0.4 is 5.32 Å². The predicted molar refractivity (Wildman–Crippen MR) is 87.0 cm³/mol. The number of rotatable bonds is 6. The van der Waals surface area contributed by atoms with Gasteiger partial charge in [-0.1, -0.05) is 6.92 Å². The lowest BCUT2D eigenvalue weighted by atomic mass is 10.1. The van der Waals surface area contributed by atoms with Gasteiger partial charge in [0, 0.05) is 24.9 Å². The first-order valence-corrected chi connectivity index (χ1v) is 8.64.